The van der Waals surface area contributed by atoms with E-state index in [9.17, 15) is 8.78 Å². The fraction of sp³-hybridized carbons (Fsp3) is 1.00. The molecule has 1 unspecified atom stereocenters. The van der Waals surface area contributed by atoms with Gasteiger partial charge in [0.25, 0.3) is 6.43 Å². The molecule has 0 bridgehead atoms. The number of hydrogen-bond acceptors (Lipinski definition) is 2. The SMILES string of the molecule is CSC1(CNC(C)C(F)F)CCCC1. The second kappa shape index (κ2) is 5.31. The lowest BCUT2D eigenvalue weighted by molar-refractivity contribution is 0.105. The van der Waals surface area contributed by atoms with Crippen LogP contribution in [0.15, 0.2) is 0 Å². The molecule has 0 aliphatic heterocycles. The fourth-order valence-electron chi connectivity index (χ4n) is 1.91. The number of hydrogen-bond donors (Lipinski definition) is 1. The van der Waals surface area contributed by atoms with E-state index in [1.165, 1.54) is 12.8 Å². The highest BCUT2D eigenvalue weighted by Crippen LogP contribution is 2.39. The number of thioether (sulfide) groups is 1. The number of alkyl halides is 2. The molecule has 0 aromatic heterocycles. The number of nitrogens with one attached hydrogen (secondary N) is 1. The molecule has 0 radical (unpaired) electrons. The first-order valence-corrected chi connectivity index (χ1v) is 6.39. The maximum Gasteiger partial charge on any atom is 0.253 e. The van der Waals surface area contributed by atoms with Crippen LogP contribution in [0.3, 0.4) is 0 Å². The van der Waals surface area contributed by atoms with E-state index < -0.39 is 12.5 Å². The summed E-state index contributed by atoms with van der Waals surface area (Å²) in [6.07, 6.45) is 4.64. The summed E-state index contributed by atoms with van der Waals surface area (Å²) in [5.41, 5.74) is 0. The summed E-state index contributed by atoms with van der Waals surface area (Å²) in [6.45, 7) is 2.27. The van der Waals surface area contributed by atoms with E-state index in [4.69, 9.17) is 0 Å². The first-order chi connectivity index (χ1) is 6.59. The molecule has 0 amide bonds. The lowest BCUT2D eigenvalue weighted by Crippen LogP contribution is -2.42. The van der Waals surface area contributed by atoms with Crippen molar-refractivity contribution >= 4 is 11.8 Å². The predicted octanol–water partition coefficient (Wildman–Crippen LogP) is 2.91. The highest BCUT2D eigenvalue weighted by atomic mass is 32.2. The lowest BCUT2D eigenvalue weighted by atomic mass is 10.1. The van der Waals surface area contributed by atoms with Crippen molar-refractivity contribution < 1.29 is 8.78 Å². The van der Waals surface area contributed by atoms with Crippen LogP contribution in [0.5, 0.6) is 0 Å². The predicted molar refractivity (Wildman–Crippen MR) is 58.2 cm³/mol. The van der Waals surface area contributed by atoms with E-state index in [1.807, 2.05) is 11.8 Å². The molecular formula is C10H19F2NS. The van der Waals surface area contributed by atoms with Crippen LogP contribution in [0.1, 0.15) is 32.6 Å². The molecule has 1 nitrogen and oxygen atoms in total. The van der Waals surface area contributed by atoms with Gasteiger partial charge in [0.05, 0.1) is 6.04 Å². The molecular weight excluding hydrogens is 204 g/mol. The number of halogens is 2. The Morgan fingerprint density at radius 2 is 1.93 bits per heavy atom. The van der Waals surface area contributed by atoms with Crippen molar-refractivity contribution in [3.63, 3.8) is 0 Å². The van der Waals surface area contributed by atoms with Crippen molar-refractivity contribution in [2.24, 2.45) is 0 Å². The molecule has 1 aliphatic carbocycles. The third-order valence-corrected chi connectivity index (χ3v) is 4.49. The topological polar surface area (TPSA) is 12.0 Å². The number of rotatable bonds is 5. The van der Waals surface area contributed by atoms with Gasteiger partial charge in [-0.3, -0.25) is 0 Å². The van der Waals surface area contributed by atoms with Gasteiger partial charge in [0.2, 0.25) is 0 Å². The summed E-state index contributed by atoms with van der Waals surface area (Å²) in [5.74, 6) is 0. The van der Waals surface area contributed by atoms with Crippen LogP contribution in [-0.2, 0) is 0 Å². The van der Waals surface area contributed by atoms with Crippen molar-refractivity contribution in [1.29, 1.82) is 0 Å². The molecule has 1 rings (SSSR count). The zero-order valence-electron chi connectivity index (χ0n) is 8.85. The van der Waals surface area contributed by atoms with Crippen LogP contribution in [0.25, 0.3) is 0 Å². The molecule has 1 aliphatic rings. The van der Waals surface area contributed by atoms with Gasteiger partial charge < -0.3 is 5.32 Å². The molecule has 1 fully saturated rings. The molecule has 0 heterocycles. The molecule has 0 aromatic rings. The van der Waals surface area contributed by atoms with Gasteiger partial charge in [0.1, 0.15) is 0 Å². The zero-order chi connectivity index (χ0) is 10.6. The molecule has 1 saturated carbocycles. The van der Waals surface area contributed by atoms with E-state index in [2.05, 4.69) is 11.6 Å². The average molecular weight is 223 g/mol. The van der Waals surface area contributed by atoms with Crippen LogP contribution in [0.2, 0.25) is 0 Å². The van der Waals surface area contributed by atoms with Gasteiger partial charge in [-0.05, 0) is 26.0 Å². The first-order valence-electron chi connectivity index (χ1n) is 5.16. The van der Waals surface area contributed by atoms with E-state index >= 15 is 0 Å². The molecule has 0 saturated heterocycles. The Kier molecular flexibility index (Phi) is 4.64. The second-order valence-corrected chi connectivity index (χ2v) is 5.37. The summed E-state index contributed by atoms with van der Waals surface area (Å²) >= 11 is 1.83. The molecule has 0 aromatic carbocycles. The van der Waals surface area contributed by atoms with Gasteiger partial charge in [-0.1, -0.05) is 12.8 Å². The summed E-state index contributed by atoms with van der Waals surface area (Å²) in [5, 5.41) is 2.94. The molecule has 84 valence electrons. The van der Waals surface area contributed by atoms with E-state index in [-0.39, 0.29) is 4.75 Å². The zero-order valence-corrected chi connectivity index (χ0v) is 9.67. The summed E-state index contributed by atoms with van der Waals surface area (Å²) in [4.78, 5) is 0. The maximum absolute atomic E-state index is 12.3. The summed E-state index contributed by atoms with van der Waals surface area (Å²) in [7, 11) is 0. The van der Waals surface area contributed by atoms with E-state index in [0.29, 0.717) is 0 Å². The fourth-order valence-corrected chi connectivity index (χ4v) is 2.83. The standard InChI is InChI=1S/C10H19F2NS/c1-8(9(11)12)13-7-10(14-2)5-3-4-6-10/h8-9,13H,3-7H2,1-2H3. The minimum absolute atomic E-state index is 0.225. The lowest BCUT2D eigenvalue weighted by Gasteiger charge is -2.28. The molecule has 1 N–H and O–H groups in total. The van der Waals surface area contributed by atoms with Crippen LogP contribution in [0, 0.1) is 0 Å². The smallest absolute Gasteiger partial charge is 0.253 e. The van der Waals surface area contributed by atoms with Gasteiger partial charge >= 0.3 is 0 Å². The van der Waals surface area contributed by atoms with Crippen molar-refractivity contribution in [3.8, 4) is 0 Å². The van der Waals surface area contributed by atoms with Crippen LogP contribution in [-0.4, -0.2) is 30.0 Å². The summed E-state index contributed by atoms with van der Waals surface area (Å²) < 4.78 is 24.7. The van der Waals surface area contributed by atoms with Gasteiger partial charge in [-0.25, -0.2) is 8.78 Å². The Bertz CT molecular complexity index is 170. The van der Waals surface area contributed by atoms with E-state index in [1.54, 1.807) is 6.92 Å². The Morgan fingerprint density at radius 3 is 2.36 bits per heavy atom. The largest absolute Gasteiger partial charge is 0.308 e. The first kappa shape index (κ1) is 12.2. The molecule has 14 heavy (non-hydrogen) atoms. The summed E-state index contributed by atoms with van der Waals surface area (Å²) in [6, 6.07) is -0.681. The van der Waals surface area contributed by atoms with Crippen molar-refractivity contribution in [2.75, 3.05) is 12.8 Å². The highest BCUT2D eigenvalue weighted by molar-refractivity contribution is 8.00. The molecule has 0 spiro atoms. The van der Waals surface area contributed by atoms with Gasteiger partial charge in [0, 0.05) is 11.3 Å². The quantitative estimate of drug-likeness (QED) is 0.769. The van der Waals surface area contributed by atoms with Crippen molar-refractivity contribution in [3.05, 3.63) is 0 Å². The Balaban J connectivity index is 2.34. The van der Waals surface area contributed by atoms with Gasteiger partial charge in [-0.15, -0.1) is 0 Å². The molecule has 4 heteroatoms. The third kappa shape index (κ3) is 3.09. The highest BCUT2D eigenvalue weighted by Gasteiger charge is 2.33. The van der Waals surface area contributed by atoms with E-state index in [0.717, 1.165) is 19.4 Å². The van der Waals surface area contributed by atoms with Crippen LogP contribution >= 0.6 is 11.8 Å². The van der Waals surface area contributed by atoms with Crippen LogP contribution < -0.4 is 5.32 Å². The normalized spacial score (nSPS) is 22.9. The minimum atomic E-state index is -2.25. The second-order valence-electron chi connectivity index (χ2n) is 4.10. The van der Waals surface area contributed by atoms with Crippen LogP contribution in [0.4, 0.5) is 8.78 Å². The Labute approximate surface area is 89.0 Å². The third-order valence-electron chi connectivity index (χ3n) is 3.07. The monoisotopic (exact) mass is 223 g/mol. The maximum atomic E-state index is 12.3. The van der Waals surface area contributed by atoms with Crippen molar-refractivity contribution in [2.45, 2.75) is 49.8 Å². The van der Waals surface area contributed by atoms with Crippen molar-refractivity contribution in [1.82, 2.24) is 5.32 Å². The molecule has 1 atom stereocenters. The minimum Gasteiger partial charge on any atom is -0.308 e. The Hall–Kier alpha value is 0.170. The van der Waals surface area contributed by atoms with Gasteiger partial charge in [0.15, 0.2) is 0 Å². The average Bonchev–Trinajstić information content (AvgIpc) is 2.63. The Morgan fingerprint density at radius 1 is 1.36 bits per heavy atom. The van der Waals surface area contributed by atoms with Gasteiger partial charge in [-0.2, -0.15) is 11.8 Å².